The van der Waals surface area contributed by atoms with Crippen molar-refractivity contribution in [2.45, 2.75) is 64.6 Å². The predicted molar refractivity (Wildman–Crippen MR) is 158 cm³/mol. The Hall–Kier alpha value is -4.29. The molecule has 2 heterocycles. The van der Waals surface area contributed by atoms with E-state index >= 15 is 0 Å². The van der Waals surface area contributed by atoms with Crippen LogP contribution >= 0.6 is 11.6 Å². The molecule has 0 saturated heterocycles. The Kier molecular flexibility index (Phi) is 11.0. The minimum absolute atomic E-state index is 0.158. The second-order valence-electron chi connectivity index (χ2n) is 9.83. The van der Waals surface area contributed by atoms with Crippen LogP contribution in [0.4, 0.5) is 4.79 Å². The molecule has 42 heavy (non-hydrogen) atoms. The molecule has 0 saturated carbocycles. The molecule has 13 heteroatoms. The molecule has 2 aromatic carbocycles. The van der Waals surface area contributed by atoms with Crippen molar-refractivity contribution in [1.82, 2.24) is 35.5 Å². The van der Waals surface area contributed by atoms with E-state index in [9.17, 15) is 14.7 Å². The van der Waals surface area contributed by atoms with Gasteiger partial charge in [-0.2, -0.15) is 5.21 Å². The van der Waals surface area contributed by atoms with E-state index in [1.807, 2.05) is 53.1 Å². The molecule has 0 aliphatic heterocycles. The summed E-state index contributed by atoms with van der Waals surface area (Å²) in [7, 11) is 0. The van der Waals surface area contributed by atoms with Gasteiger partial charge in [0.2, 0.25) is 5.82 Å². The lowest BCUT2D eigenvalue weighted by Crippen LogP contribution is -2.41. The first kappa shape index (κ1) is 30.7. The zero-order valence-electron chi connectivity index (χ0n) is 23.4. The van der Waals surface area contributed by atoms with Gasteiger partial charge in [-0.25, -0.2) is 14.6 Å². The van der Waals surface area contributed by atoms with E-state index in [-0.39, 0.29) is 18.2 Å². The molecular formula is C29H35ClN8O4. The van der Waals surface area contributed by atoms with Crippen LogP contribution in [0.1, 0.15) is 56.1 Å². The second-order valence-corrected chi connectivity index (χ2v) is 10.2. The van der Waals surface area contributed by atoms with Crippen molar-refractivity contribution >= 4 is 23.7 Å². The summed E-state index contributed by atoms with van der Waals surface area (Å²) in [6.45, 7) is 2.86. The number of benzene rings is 2. The van der Waals surface area contributed by atoms with Gasteiger partial charge in [0.1, 0.15) is 18.5 Å². The monoisotopic (exact) mass is 594 g/mol. The number of tetrazole rings is 1. The third kappa shape index (κ3) is 7.92. The number of carboxylic acids is 1. The molecule has 0 spiro atoms. The standard InChI is InChI=1S/C29H35ClN8O4/c1-2-3-11-25-33-26(30)24(18-42-29(41)32-23(28(39)40)10-6-7-16-31)38(25)17-19-12-14-20(15-13-19)21-8-4-5-9-22(21)27-34-36-37-35-27/h4-5,8-9,12-15,23H,2-3,6-7,10-11,16-18,31H2,1H3,(H,32,41)(H,39,40)(H,34,35,36,37). The van der Waals surface area contributed by atoms with Crippen LogP contribution in [-0.4, -0.2) is 59.9 Å². The average Bonchev–Trinajstić information content (AvgIpc) is 3.63. The van der Waals surface area contributed by atoms with E-state index in [1.165, 1.54) is 0 Å². The minimum atomic E-state index is -1.13. The maximum absolute atomic E-state index is 12.5. The molecular weight excluding hydrogens is 560 g/mol. The molecule has 5 N–H and O–H groups in total. The minimum Gasteiger partial charge on any atom is -0.480 e. The van der Waals surface area contributed by atoms with Crippen LogP contribution in [-0.2, 0) is 29.1 Å². The van der Waals surface area contributed by atoms with Gasteiger partial charge in [0.15, 0.2) is 5.15 Å². The number of H-pyrrole nitrogens is 1. The van der Waals surface area contributed by atoms with Crippen LogP contribution in [0.5, 0.6) is 0 Å². The van der Waals surface area contributed by atoms with Crippen molar-refractivity contribution in [2.75, 3.05) is 6.54 Å². The van der Waals surface area contributed by atoms with E-state index in [0.717, 1.165) is 40.9 Å². The average molecular weight is 595 g/mol. The van der Waals surface area contributed by atoms with E-state index in [0.29, 0.717) is 43.9 Å². The summed E-state index contributed by atoms with van der Waals surface area (Å²) in [4.78, 5) is 28.6. The summed E-state index contributed by atoms with van der Waals surface area (Å²) in [5, 5.41) is 26.5. The van der Waals surface area contributed by atoms with Crippen molar-refractivity contribution in [3.63, 3.8) is 0 Å². The SMILES string of the molecule is CCCCc1nc(Cl)c(COC(=O)NC(CCCCN)C(=O)O)n1Cc1ccc(-c2ccccc2-c2nn[nH]n2)cc1. The van der Waals surface area contributed by atoms with Gasteiger partial charge < -0.3 is 25.5 Å². The second kappa shape index (κ2) is 15.1. The number of nitrogens with two attached hydrogens (primary N) is 1. The lowest BCUT2D eigenvalue weighted by Gasteiger charge is -2.16. The van der Waals surface area contributed by atoms with Gasteiger partial charge in [0.05, 0.1) is 5.69 Å². The third-order valence-electron chi connectivity index (χ3n) is 6.85. The summed E-state index contributed by atoms with van der Waals surface area (Å²) in [6.07, 6.45) is 3.28. The number of ether oxygens (including phenoxy) is 1. The van der Waals surface area contributed by atoms with Gasteiger partial charge in [-0.3, -0.25) is 0 Å². The number of hydrogen-bond acceptors (Lipinski definition) is 8. The number of carboxylic acid groups (broad SMARTS) is 1. The van der Waals surface area contributed by atoms with Crippen LogP contribution in [0.2, 0.25) is 5.15 Å². The number of rotatable bonds is 15. The summed E-state index contributed by atoms with van der Waals surface area (Å²) in [5.74, 6) is 0.178. The molecule has 1 amide bonds. The first-order chi connectivity index (χ1) is 20.4. The lowest BCUT2D eigenvalue weighted by molar-refractivity contribution is -0.139. The number of amides is 1. The molecule has 1 unspecified atom stereocenters. The molecule has 0 fully saturated rings. The first-order valence-electron chi connectivity index (χ1n) is 13.9. The molecule has 0 radical (unpaired) electrons. The van der Waals surface area contributed by atoms with Crippen LogP contribution in [0.15, 0.2) is 48.5 Å². The number of carbonyl (C=O) groups is 2. The van der Waals surface area contributed by atoms with Gasteiger partial charge in [0, 0.05) is 18.5 Å². The number of alkyl carbamates (subject to hydrolysis) is 1. The zero-order chi connectivity index (χ0) is 29.9. The number of nitrogens with zero attached hydrogens (tertiary/aromatic N) is 5. The molecule has 4 rings (SSSR count). The number of imidazole rings is 1. The fourth-order valence-corrected chi connectivity index (χ4v) is 4.86. The normalized spacial score (nSPS) is 11.8. The number of hydrogen-bond donors (Lipinski definition) is 4. The van der Waals surface area contributed by atoms with Crippen LogP contribution in [0.3, 0.4) is 0 Å². The van der Waals surface area contributed by atoms with Crippen molar-refractivity contribution in [1.29, 1.82) is 0 Å². The highest BCUT2D eigenvalue weighted by molar-refractivity contribution is 6.30. The van der Waals surface area contributed by atoms with E-state index in [4.69, 9.17) is 22.1 Å². The molecule has 0 aliphatic carbocycles. The van der Waals surface area contributed by atoms with Gasteiger partial charge in [0.25, 0.3) is 0 Å². The van der Waals surface area contributed by atoms with Crippen LogP contribution < -0.4 is 11.1 Å². The lowest BCUT2D eigenvalue weighted by atomic mass is 9.98. The smallest absolute Gasteiger partial charge is 0.408 e. The van der Waals surface area contributed by atoms with Crippen molar-refractivity contribution < 1.29 is 19.4 Å². The van der Waals surface area contributed by atoms with Crippen molar-refractivity contribution in [2.24, 2.45) is 5.73 Å². The predicted octanol–water partition coefficient (Wildman–Crippen LogP) is 4.58. The van der Waals surface area contributed by atoms with E-state index in [2.05, 4.69) is 37.8 Å². The highest BCUT2D eigenvalue weighted by Gasteiger charge is 2.22. The number of aliphatic carboxylic acids is 1. The molecule has 2 aromatic heterocycles. The first-order valence-corrected chi connectivity index (χ1v) is 14.3. The topological polar surface area (TPSA) is 174 Å². The van der Waals surface area contributed by atoms with Crippen LogP contribution in [0, 0.1) is 0 Å². The number of aromatic nitrogens is 6. The van der Waals surface area contributed by atoms with Crippen molar-refractivity contribution in [3.05, 3.63) is 70.8 Å². The number of aryl methyl sites for hydroxylation is 1. The highest BCUT2D eigenvalue weighted by Crippen LogP contribution is 2.30. The molecule has 4 aromatic rings. The third-order valence-corrected chi connectivity index (χ3v) is 7.16. The Bertz CT molecular complexity index is 1460. The molecule has 222 valence electrons. The number of halogens is 1. The molecule has 0 bridgehead atoms. The number of unbranched alkanes of at least 4 members (excludes halogenated alkanes) is 2. The number of carbonyl (C=O) groups excluding carboxylic acids is 1. The quantitative estimate of drug-likeness (QED) is 0.144. The number of nitrogens with one attached hydrogen (secondary N) is 2. The molecule has 12 nitrogen and oxygen atoms in total. The summed E-state index contributed by atoms with van der Waals surface area (Å²) < 4.78 is 7.38. The van der Waals surface area contributed by atoms with Gasteiger partial charge in [-0.1, -0.05) is 73.5 Å². The van der Waals surface area contributed by atoms with E-state index < -0.39 is 18.1 Å². The largest absolute Gasteiger partial charge is 0.480 e. The Morgan fingerprint density at radius 3 is 2.55 bits per heavy atom. The summed E-state index contributed by atoms with van der Waals surface area (Å²) >= 11 is 6.52. The Labute approximate surface area is 248 Å². The number of aromatic amines is 1. The van der Waals surface area contributed by atoms with E-state index in [1.54, 1.807) is 0 Å². The molecule has 0 aliphatic rings. The maximum atomic E-state index is 12.5. The van der Waals surface area contributed by atoms with Crippen molar-refractivity contribution in [3.8, 4) is 22.5 Å². The van der Waals surface area contributed by atoms with Gasteiger partial charge in [-0.15, -0.1) is 10.2 Å². The maximum Gasteiger partial charge on any atom is 0.408 e. The Balaban J connectivity index is 1.51. The highest BCUT2D eigenvalue weighted by atomic mass is 35.5. The fraction of sp³-hybridized carbons (Fsp3) is 0.379. The van der Waals surface area contributed by atoms with Gasteiger partial charge in [-0.05, 0) is 54.1 Å². The summed E-state index contributed by atoms with van der Waals surface area (Å²) in [5.41, 5.74) is 9.86. The molecule has 1 atom stereocenters. The van der Waals surface area contributed by atoms with Gasteiger partial charge >= 0.3 is 12.1 Å². The summed E-state index contributed by atoms with van der Waals surface area (Å²) in [6, 6.07) is 14.9. The zero-order valence-corrected chi connectivity index (χ0v) is 24.2. The Morgan fingerprint density at radius 2 is 1.88 bits per heavy atom. The van der Waals surface area contributed by atoms with Crippen LogP contribution in [0.25, 0.3) is 22.5 Å². The fourth-order valence-electron chi connectivity index (χ4n) is 4.60. The Morgan fingerprint density at radius 1 is 1.12 bits per heavy atom.